The number of aromatic nitrogens is 1. The zero-order valence-electron chi connectivity index (χ0n) is 10.9. The van der Waals surface area contributed by atoms with Crippen molar-refractivity contribution in [3.63, 3.8) is 0 Å². The molecular formula is C13H20N2O3. The first-order valence-corrected chi connectivity index (χ1v) is 6.32. The van der Waals surface area contributed by atoms with E-state index in [2.05, 4.69) is 10.3 Å². The van der Waals surface area contributed by atoms with Crippen LogP contribution in [0.4, 0.5) is 0 Å². The molecule has 0 spiro atoms. The van der Waals surface area contributed by atoms with Crippen molar-refractivity contribution >= 4 is 0 Å². The van der Waals surface area contributed by atoms with Crippen molar-refractivity contribution in [2.75, 3.05) is 26.3 Å². The number of morpholine rings is 1. The summed E-state index contributed by atoms with van der Waals surface area (Å²) in [6.45, 7) is 6.88. The van der Waals surface area contributed by atoms with Crippen molar-refractivity contribution in [1.82, 2.24) is 10.3 Å². The highest BCUT2D eigenvalue weighted by molar-refractivity contribution is 5.32. The van der Waals surface area contributed by atoms with Crippen molar-refractivity contribution in [3.8, 4) is 11.6 Å². The van der Waals surface area contributed by atoms with Gasteiger partial charge in [0.1, 0.15) is 12.7 Å². The molecule has 1 aliphatic heterocycles. The fourth-order valence-corrected chi connectivity index (χ4v) is 1.73. The quantitative estimate of drug-likeness (QED) is 0.854. The maximum Gasteiger partial charge on any atom is 0.257 e. The highest BCUT2D eigenvalue weighted by Crippen LogP contribution is 2.24. The maximum absolute atomic E-state index is 5.68. The molecule has 0 aromatic carbocycles. The molecule has 1 aromatic heterocycles. The van der Waals surface area contributed by atoms with E-state index < -0.39 is 0 Å². The molecule has 1 atom stereocenters. The monoisotopic (exact) mass is 252 g/mol. The minimum atomic E-state index is 0.0765. The number of nitrogens with one attached hydrogen (secondary N) is 1. The number of rotatable bonds is 5. The van der Waals surface area contributed by atoms with Crippen LogP contribution in [0.25, 0.3) is 0 Å². The van der Waals surface area contributed by atoms with Crippen molar-refractivity contribution in [2.24, 2.45) is 0 Å². The van der Waals surface area contributed by atoms with Gasteiger partial charge in [0.2, 0.25) is 0 Å². The standard InChI is InChI=1S/C13H20N2O3/c1-10(2)18-12-4-3-5-15-13(12)17-9-11-8-14-6-7-16-11/h3-5,10-11,14H,6-9H2,1-2H3. The first kappa shape index (κ1) is 13.1. The topological polar surface area (TPSA) is 52.6 Å². The second-order valence-corrected chi connectivity index (χ2v) is 4.48. The largest absolute Gasteiger partial charge is 0.485 e. The molecule has 0 radical (unpaired) electrons. The molecule has 2 heterocycles. The summed E-state index contributed by atoms with van der Waals surface area (Å²) in [6, 6.07) is 3.70. The molecule has 0 bridgehead atoms. The summed E-state index contributed by atoms with van der Waals surface area (Å²) < 4.78 is 16.9. The normalized spacial score (nSPS) is 19.8. The number of pyridine rings is 1. The van der Waals surface area contributed by atoms with Gasteiger partial charge in [0, 0.05) is 19.3 Å². The van der Waals surface area contributed by atoms with Crippen LogP contribution in [0.15, 0.2) is 18.3 Å². The minimum absolute atomic E-state index is 0.0765. The minimum Gasteiger partial charge on any atom is -0.485 e. The number of hydrogen-bond donors (Lipinski definition) is 1. The lowest BCUT2D eigenvalue weighted by Crippen LogP contribution is -2.41. The Bertz CT molecular complexity index is 365. The molecule has 2 rings (SSSR count). The lowest BCUT2D eigenvalue weighted by Gasteiger charge is -2.23. The second kappa shape index (κ2) is 6.56. The van der Waals surface area contributed by atoms with E-state index in [0.29, 0.717) is 18.2 Å². The third-order valence-electron chi connectivity index (χ3n) is 2.51. The second-order valence-electron chi connectivity index (χ2n) is 4.48. The third-order valence-corrected chi connectivity index (χ3v) is 2.51. The van der Waals surface area contributed by atoms with E-state index in [4.69, 9.17) is 14.2 Å². The molecule has 1 saturated heterocycles. The van der Waals surface area contributed by atoms with Crippen LogP contribution in [0.5, 0.6) is 11.6 Å². The summed E-state index contributed by atoms with van der Waals surface area (Å²) in [6.07, 6.45) is 1.87. The van der Waals surface area contributed by atoms with Crippen molar-refractivity contribution in [3.05, 3.63) is 18.3 Å². The van der Waals surface area contributed by atoms with E-state index in [9.17, 15) is 0 Å². The highest BCUT2D eigenvalue weighted by atomic mass is 16.6. The zero-order valence-corrected chi connectivity index (χ0v) is 10.9. The number of nitrogens with zero attached hydrogens (tertiary/aromatic N) is 1. The van der Waals surface area contributed by atoms with Gasteiger partial charge < -0.3 is 19.5 Å². The fourth-order valence-electron chi connectivity index (χ4n) is 1.73. The Kier molecular flexibility index (Phi) is 4.78. The van der Waals surface area contributed by atoms with Gasteiger partial charge in [-0.15, -0.1) is 0 Å². The Morgan fingerprint density at radius 3 is 3.17 bits per heavy atom. The Morgan fingerprint density at radius 1 is 1.56 bits per heavy atom. The van der Waals surface area contributed by atoms with E-state index in [1.807, 2.05) is 26.0 Å². The van der Waals surface area contributed by atoms with Crippen molar-refractivity contribution < 1.29 is 14.2 Å². The molecule has 5 heteroatoms. The summed E-state index contributed by atoms with van der Waals surface area (Å²) in [5, 5.41) is 3.26. The molecule has 1 aromatic rings. The molecule has 100 valence electrons. The van der Waals surface area contributed by atoms with Gasteiger partial charge in [-0.05, 0) is 26.0 Å². The third kappa shape index (κ3) is 3.85. The lowest BCUT2D eigenvalue weighted by molar-refractivity contribution is -0.00155. The highest BCUT2D eigenvalue weighted by Gasteiger charge is 2.16. The predicted octanol–water partition coefficient (Wildman–Crippen LogP) is 1.24. The smallest absolute Gasteiger partial charge is 0.257 e. The van der Waals surface area contributed by atoms with Gasteiger partial charge in [-0.25, -0.2) is 4.98 Å². The molecule has 1 aliphatic rings. The van der Waals surface area contributed by atoms with E-state index in [1.165, 1.54) is 0 Å². The summed E-state index contributed by atoms with van der Waals surface area (Å²) in [5.41, 5.74) is 0. The SMILES string of the molecule is CC(C)Oc1cccnc1OCC1CNCCO1. The van der Waals surface area contributed by atoms with Crippen LogP contribution in [-0.4, -0.2) is 43.5 Å². The van der Waals surface area contributed by atoms with Crippen molar-refractivity contribution in [2.45, 2.75) is 26.1 Å². The van der Waals surface area contributed by atoms with Crippen LogP contribution in [0.1, 0.15) is 13.8 Å². The Balaban J connectivity index is 1.91. The average molecular weight is 252 g/mol. The molecule has 1 N–H and O–H groups in total. The maximum atomic E-state index is 5.68. The summed E-state index contributed by atoms with van der Waals surface area (Å²) in [5.74, 6) is 1.21. The van der Waals surface area contributed by atoms with Crippen LogP contribution in [-0.2, 0) is 4.74 Å². The first-order chi connectivity index (χ1) is 8.75. The molecular weight excluding hydrogens is 232 g/mol. The predicted molar refractivity (Wildman–Crippen MR) is 68.1 cm³/mol. The fraction of sp³-hybridized carbons (Fsp3) is 0.615. The van der Waals surface area contributed by atoms with Crippen LogP contribution in [0.2, 0.25) is 0 Å². The molecule has 18 heavy (non-hydrogen) atoms. The van der Waals surface area contributed by atoms with Gasteiger partial charge in [0.15, 0.2) is 5.75 Å². The van der Waals surface area contributed by atoms with E-state index in [0.717, 1.165) is 19.7 Å². The zero-order chi connectivity index (χ0) is 12.8. The van der Waals surface area contributed by atoms with Crippen LogP contribution < -0.4 is 14.8 Å². The first-order valence-electron chi connectivity index (χ1n) is 6.32. The molecule has 0 aliphatic carbocycles. The van der Waals surface area contributed by atoms with E-state index in [1.54, 1.807) is 6.20 Å². The molecule has 1 unspecified atom stereocenters. The molecule has 1 fully saturated rings. The Hall–Kier alpha value is -1.33. The summed E-state index contributed by atoms with van der Waals surface area (Å²) in [7, 11) is 0. The summed E-state index contributed by atoms with van der Waals surface area (Å²) >= 11 is 0. The molecule has 5 nitrogen and oxygen atoms in total. The Labute approximate surface area is 107 Å². The van der Waals surface area contributed by atoms with E-state index >= 15 is 0 Å². The number of ether oxygens (including phenoxy) is 3. The van der Waals surface area contributed by atoms with Crippen LogP contribution in [0.3, 0.4) is 0 Å². The van der Waals surface area contributed by atoms with Crippen LogP contribution in [0, 0.1) is 0 Å². The van der Waals surface area contributed by atoms with Crippen LogP contribution >= 0.6 is 0 Å². The van der Waals surface area contributed by atoms with E-state index in [-0.39, 0.29) is 12.2 Å². The van der Waals surface area contributed by atoms with Gasteiger partial charge in [0.25, 0.3) is 5.88 Å². The van der Waals surface area contributed by atoms with Gasteiger partial charge in [-0.3, -0.25) is 0 Å². The van der Waals surface area contributed by atoms with Gasteiger partial charge in [0.05, 0.1) is 12.7 Å². The van der Waals surface area contributed by atoms with Crippen molar-refractivity contribution in [1.29, 1.82) is 0 Å². The van der Waals surface area contributed by atoms with Gasteiger partial charge in [-0.1, -0.05) is 0 Å². The Morgan fingerprint density at radius 2 is 2.44 bits per heavy atom. The number of hydrogen-bond acceptors (Lipinski definition) is 5. The molecule has 0 amide bonds. The summed E-state index contributed by atoms with van der Waals surface area (Å²) in [4.78, 5) is 4.19. The van der Waals surface area contributed by atoms with Gasteiger partial charge in [-0.2, -0.15) is 0 Å². The lowest BCUT2D eigenvalue weighted by atomic mass is 10.3. The van der Waals surface area contributed by atoms with Gasteiger partial charge >= 0.3 is 0 Å². The molecule has 0 saturated carbocycles. The average Bonchev–Trinajstić information content (AvgIpc) is 2.38.